The minimum Gasteiger partial charge on any atom is -0.310 e. The number of fused-ring (bicyclic) bond motifs is 6. The van der Waals surface area contributed by atoms with Crippen molar-refractivity contribution in [2.45, 2.75) is 0 Å². The van der Waals surface area contributed by atoms with E-state index in [0.29, 0.717) is 0 Å². The Hall–Kier alpha value is -6.98. The van der Waals surface area contributed by atoms with E-state index in [-0.39, 0.29) is 0 Å². The minimum absolute atomic E-state index is 1.11. The van der Waals surface area contributed by atoms with Crippen LogP contribution in [0.15, 0.2) is 218 Å². The Bertz CT molecular complexity index is 3200. The average Bonchev–Trinajstić information content (AvgIpc) is 3.86. The summed E-state index contributed by atoms with van der Waals surface area (Å²) in [5.41, 5.74) is 11.5. The van der Waals surface area contributed by atoms with Gasteiger partial charge in [0.05, 0.1) is 0 Å². The van der Waals surface area contributed by atoms with Gasteiger partial charge < -0.3 is 9.80 Å². The highest BCUT2D eigenvalue weighted by Crippen LogP contribution is 2.43. The monoisotopic (exact) mass is 776 g/mol. The molecule has 0 bridgehead atoms. The van der Waals surface area contributed by atoms with Crippen LogP contribution in [-0.4, -0.2) is 0 Å². The topological polar surface area (TPSA) is 6.48 Å². The van der Waals surface area contributed by atoms with E-state index >= 15 is 0 Å². The molecule has 4 heteroatoms. The van der Waals surface area contributed by atoms with E-state index in [0.717, 1.165) is 34.1 Å². The number of benzene rings is 9. The fourth-order valence-corrected chi connectivity index (χ4v) is 10.4. The Labute approximate surface area is 345 Å². The lowest BCUT2D eigenvalue weighted by molar-refractivity contribution is 1.29. The van der Waals surface area contributed by atoms with E-state index in [1.165, 1.54) is 62.6 Å². The second-order valence-corrected chi connectivity index (χ2v) is 16.7. The van der Waals surface area contributed by atoms with E-state index in [1.54, 1.807) is 0 Å². The zero-order valence-corrected chi connectivity index (χ0v) is 33.1. The van der Waals surface area contributed by atoms with E-state index < -0.39 is 0 Å². The number of nitrogens with zero attached hydrogens (tertiary/aromatic N) is 2. The lowest BCUT2D eigenvalue weighted by atomic mass is 10.0. The zero-order chi connectivity index (χ0) is 38.4. The normalized spacial score (nSPS) is 11.4. The van der Waals surface area contributed by atoms with E-state index in [1.807, 2.05) is 22.7 Å². The van der Waals surface area contributed by atoms with Crippen LogP contribution in [0, 0.1) is 0 Å². The van der Waals surface area contributed by atoms with Crippen molar-refractivity contribution in [3.8, 4) is 22.3 Å². The summed E-state index contributed by atoms with van der Waals surface area (Å²) in [7, 11) is 0. The third-order valence-electron chi connectivity index (χ3n) is 11.1. The SMILES string of the molecule is c1ccc(-c2ccc(N(c3ccc(-c4ccc(N(c5ccccc5)c5ccc6sc7ccccc7c6c5)cc4)cc3)c3ccc4sc5ccccc5c4c3)cc2)cc1. The van der Waals surface area contributed by atoms with Gasteiger partial charge in [-0.2, -0.15) is 0 Å². The minimum atomic E-state index is 1.11. The molecule has 11 aromatic rings. The number of thiophene rings is 2. The summed E-state index contributed by atoms with van der Waals surface area (Å²) in [5.74, 6) is 0. The van der Waals surface area contributed by atoms with Gasteiger partial charge in [-0.15, -0.1) is 22.7 Å². The number of hydrogen-bond donors (Lipinski definition) is 0. The number of para-hydroxylation sites is 1. The molecule has 0 N–H and O–H groups in total. The molecule has 2 heterocycles. The highest BCUT2D eigenvalue weighted by Gasteiger charge is 2.17. The van der Waals surface area contributed by atoms with Crippen molar-refractivity contribution in [2.24, 2.45) is 0 Å². The molecule has 0 spiro atoms. The van der Waals surface area contributed by atoms with Crippen molar-refractivity contribution < 1.29 is 0 Å². The van der Waals surface area contributed by atoms with Crippen LogP contribution in [0.1, 0.15) is 0 Å². The lowest BCUT2D eigenvalue weighted by Crippen LogP contribution is -2.10. The summed E-state index contributed by atoms with van der Waals surface area (Å²) in [4.78, 5) is 4.73. The van der Waals surface area contributed by atoms with Crippen LogP contribution in [-0.2, 0) is 0 Å². The van der Waals surface area contributed by atoms with Crippen LogP contribution >= 0.6 is 22.7 Å². The second kappa shape index (κ2) is 14.5. The van der Waals surface area contributed by atoms with E-state index in [2.05, 4.69) is 228 Å². The third kappa shape index (κ3) is 6.20. The average molecular weight is 777 g/mol. The van der Waals surface area contributed by atoms with Crippen LogP contribution in [0.4, 0.5) is 34.1 Å². The van der Waals surface area contributed by atoms with Gasteiger partial charge in [0.25, 0.3) is 0 Å². The van der Waals surface area contributed by atoms with Crippen molar-refractivity contribution in [1.82, 2.24) is 0 Å². The van der Waals surface area contributed by atoms with Gasteiger partial charge in [-0.1, -0.05) is 121 Å². The van der Waals surface area contributed by atoms with Crippen molar-refractivity contribution >= 4 is 97.1 Å². The molecule has 58 heavy (non-hydrogen) atoms. The summed E-state index contributed by atoms with van der Waals surface area (Å²) in [6.45, 7) is 0. The van der Waals surface area contributed by atoms with Crippen molar-refractivity contribution in [1.29, 1.82) is 0 Å². The maximum absolute atomic E-state index is 2.37. The van der Waals surface area contributed by atoms with Crippen LogP contribution in [0.25, 0.3) is 62.6 Å². The molecule has 0 aliphatic heterocycles. The Morgan fingerprint density at radius 2 is 0.534 bits per heavy atom. The van der Waals surface area contributed by atoms with Gasteiger partial charge in [-0.25, -0.2) is 0 Å². The lowest BCUT2D eigenvalue weighted by Gasteiger charge is -2.26. The van der Waals surface area contributed by atoms with Crippen LogP contribution in [0.3, 0.4) is 0 Å². The zero-order valence-electron chi connectivity index (χ0n) is 31.5. The Morgan fingerprint density at radius 1 is 0.224 bits per heavy atom. The van der Waals surface area contributed by atoms with Gasteiger partial charge in [0.1, 0.15) is 0 Å². The molecule has 0 amide bonds. The molecule has 0 aliphatic carbocycles. The number of rotatable bonds is 8. The molecule has 0 fully saturated rings. The third-order valence-corrected chi connectivity index (χ3v) is 13.4. The van der Waals surface area contributed by atoms with Gasteiger partial charge >= 0.3 is 0 Å². The highest BCUT2D eigenvalue weighted by atomic mass is 32.1. The summed E-state index contributed by atoms with van der Waals surface area (Å²) in [6, 6.07) is 79.3. The Kier molecular flexibility index (Phi) is 8.58. The fraction of sp³-hybridized carbons (Fsp3) is 0. The fourth-order valence-electron chi connectivity index (χ4n) is 8.22. The molecular weight excluding hydrogens is 741 g/mol. The highest BCUT2D eigenvalue weighted by molar-refractivity contribution is 7.26. The molecule has 9 aromatic carbocycles. The summed E-state index contributed by atoms with van der Waals surface area (Å²) >= 11 is 3.71. The quantitative estimate of drug-likeness (QED) is 0.152. The predicted molar refractivity (Wildman–Crippen MR) is 252 cm³/mol. The number of anilines is 6. The van der Waals surface area contributed by atoms with Crippen LogP contribution in [0.5, 0.6) is 0 Å². The summed E-state index contributed by atoms with van der Waals surface area (Å²) in [6.07, 6.45) is 0. The van der Waals surface area contributed by atoms with Gasteiger partial charge in [0.2, 0.25) is 0 Å². The molecule has 2 nitrogen and oxygen atoms in total. The smallest absolute Gasteiger partial charge is 0.0468 e. The van der Waals surface area contributed by atoms with Gasteiger partial charge in [-0.05, 0) is 119 Å². The second-order valence-electron chi connectivity index (χ2n) is 14.6. The van der Waals surface area contributed by atoms with Crippen LogP contribution < -0.4 is 9.80 Å². The molecule has 11 rings (SSSR count). The first-order chi connectivity index (χ1) is 28.7. The van der Waals surface area contributed by atoms with Crippen molar-refractivity contribution in [2.75, 3.05) is 9.80 Å². The molecule has 0 saturated carbocycles. The maximum atomic E-state index is 2.37. The molecule has 0 saturated heterocycles. The van der Waals surface area contributed by atoms with Gasteiger partial charge in [-0.3, -0.25) is 0 Å². The molecular formula is C54H36N2S2. The van der Waals surface area contributed by atoms with Crippen molar-refractivity contribution in [3.63, 3.8) is 0 Å². The van der Waals surface area contributed by atoms with Crippen LogP contribution in [0.2, 0.25) is 0 Å². The predicted octanol–water partition coefficient (Wildman–Crippen LogP) is 16.7. The molecule has 0 radical (unpaired) electrons. The number of hydrogen-bond acceptors (Lipinski definition) is 4. The molecule has 274 valence electrons. The molecule has 0 unspecified atom stereocenters. The maximum Gasteiger partial charge on any atom is 0.0468 e. The summed E-state index contributed by atoms with van der Waals surface area (Å²) in [5, 5.41) is 5.18. The standard InChI is InChI=1S/C54H36N2S2/c1-3-11-37(12-4-1)38-19-25-43(26-20-38)56(46-32-34-54-50(36-46)48-16-8-10-18-52(48)58-54)44-29-23-40(24-30-44)39-21-27-42(28-22-39)55(41-13-5-2-6-14-41)45-31-33-53-49(35-45)47-15-7-9-17-51(47)57-53/h1-36H. The largest absolute Gasteiger partial charge is 0.310 e. The molecule has 0 atom stereocenters. The first-order valence-electron chi connectivity index (χ1n) is 19.6. The Balaban J connectivity index is 0.949. The van der Waals surface area contributed by atoms with Gasteiger partial charge in [0.15, 0.2) is 0 Å². The molecule has 0 aliphatic rings. The van der Waals surface area contributed by atoms with Gasteiger partial charge in [0, 0.05) is 74.5 Å². The first-order valence-corrected chi connectivity index (χ1v) is 21.2. The summed E-state index contributed by atoms with van der Waals surface area (Å²) < 4.78 is 5.24. The van der Waals surface area contributed by atoms with E-state index in [4.69, 9.17) is 0 Å². The molecule has 2 aromatic heterocycles. The van der Waals surface area contributed by atoms with Crippen molar-refractivity contribution in [3.05, 3.63) is 218 Å². The Morgan fingerprint density at radius 3 is 0.966 bits per heavy atom. The van der Waals surface area contributed by atoms with E-state index in [9.17, 15) is 0 Å². The first kappa shape index (κ1) is 34.3.